The van der Waals surface area contributed by atoms with Crippen molar-refractivity contribution in [3.8, 4) is 11.5 Å². The molecule has 0 bridgehead atoms. The summed E-state index contributed by atoms with van der Waals surface area (Å²) in [5.74, 6) is 0.678. The molecule has 1 amide bonds. The van der Waals surface area contributed by atoms with E-state index in [0.29, 0.717) is 17.1 Å². The average molecular weight is 277 g/mol. The molecule has 0 aromatic heterocycles. The van der Waals surface area contributed by atoms with E-state index >= 15 is 0 Å². The van der Waals surface area contributed by atoms with Crippen molar-refractivity contribution in [3.05, 3.63) is 23.8 Å². The van der Waals surface area contributed by atoms with Crippen LogP contribution in [0.2, 0.25) is 0 Å². The van der Waals surface area contributed by atoms with Gasteiger partial charge in [-0.2, -0.15) is 0 Å². The molecule has 2 rings (SSSR count). The summed E-state index contributed by atoms with van der Waals surface area (Å²) in [6, 6.07) is 5.24. The zero-order valence-corrected chi connectivity index (χ0v) is 11.9. The maximum Gasteiger partial charge on any atom is 0.260 e. The largest absolute Gasteiger partial charge is 0.497 e. The van der Waals surface area contributed by atoms with E-state index in [9.17, 15) is 9.59 Å². The van der Waals surface area contributed by atoms with E-state index in [2.05, 4.69) is 5.32 Å². The van der Waals surface area contributed by atoms with Crippen LogP contribution >= 0.6 is 0 Å². The Balaban J connectivity index is 2.12. The standard InChI is InChI=1S/C15H19NO4/c1-9(17)13-7-6-12(19-3)8-14(13)20-10(2)15(18)16-11-4-5-11/h6-8,10-11H,4-5H2,1-3H3,(H,16,18). The zero-order chi connectivity index (χ0) is 14.7. The first-order valence-corrected chi connectivity index (χ1v) is 6.67. The van der Waals surface area contributed by atoms with Crippen molar-refractivity contribution in [1.29, 1.82) is 0 Å². The van der Waals surface area contributed by atoms with Crippen LogP contribution in [0, 0.1) is 0 Å². The Bertz CT molecular complexity index is 523. The smallest absolute Gasteiger partial charge is 0.260 e. The molecule has 1 atom stereocenters. The van der Waals surface area contributed by atoms with Gasteiger partial charge in [-0.05, 0) is 38.8 Å². The van der Waals surface area contributed by atoms with E-state index < -0.39 is 6.10 Å². The van der Waals surface area contributed by atoms with Crippen LogP contribution in [0.5, 0.6) is 11.5 Å². The van der Waals surface area contributed by atoms with Gasteiger partial charge in [0.25, 0.3) is 5.91 Å². The van der Waals surface area contributed by atoms with E-state index in [-0.39, 0.29) is 17.7 Å². The van der Waals surface area contributed by atoms with Gasteiger partial charge in [-0.25, -0.2) is 0 Å². The summed E-state index contributed by atoms with van der Waals surface area (Å²) in [6.45, 7) is 3.13. The fourth-order valence-electron chi connectivity index (χ4n) is 1.81. The molecular formula is C15H19NO4. The lowest BCUT2D eigenvalue weighted by molar-refractivity contribution is -0.127. The summed E-state index contributed by atoms with van der Waals surface area (Å²) in [5.41, 5.74) is 0.442. The number of benzene rings is 1. The third-order valence-electron chi connectivity index (χ3n) is 3.16. The summed E-state index contributed by atoms with van der Waals surface area (Å²) < 4.78 is 10.7. The number of ether oxygens (including phenoxy) is 2. The molecule has 20 heavy (non-hydrogen) atoms. The van der Waals surface area contributed by atoms with Crippen LogP contribution in [-0.4, -0.2) is 30.9 Å². The van der Waals surface area contributed by atoms with Gasteiger partial charge in [-0.3, -0.25) is 9.59 Å². The quantitative estimate of drug-likeness (QED) is 0.807. The molecular weight excluding hydrogens is 258 g/mol. The second-order valence-corrected chi connectivity index (χ2v) is 4.96. The fourth-order valence-corrected chi connectivity index (χ4v) is 1.81. The Morgan fingerprint density at radius 2 is 2.05 bits per heavy atom. The van der Waals surface area contributed by atoms with Crippen molar-refractivity contribution in [2.75, 3.05) is 7.11 Å². The van der Waals surface area contributed by atoms with E-state index in [1.807, 2.05) is 0 Å². The molecule has 1 aliphatic carbocycles. The normalized spacial score (nSPS) is 15.3. The molecule has 0 aliphatic heterocycles. The highest BCUT2D eigenvalue weighted by molar-refractivity contribution is 5.97. The predicted molar refractivity (Wildman–Crippen MR) is 74.3 cm³/mol. The number of hydrogen-bond acceptors (Lipinski definition) is 4. The van der Waals surface area contributed by atoms with Gasteiger partial charge in [0, 0.05) is 12.1 Å². The topological polar surface area (TPSA) is 64.6 Å². The highest BCUT2D eigenvalue weighted by atomic mass is 16.5. The third-order valence-corrected chi connectivity index (χ3v) is 3.16. The number of carbonyl (C=O) groups is 2. The molecule has 0 heterocycles. The molecule has 0 spiro atoms. The van der Waals surface area contributed by atoms with Crippen LogP contribution in [0.25, 0.3) is 0 Å². The van der Waals surface area contributed by atoms with Crippen LogP contribution in [-0.2, 0) is 4.79 Å². The number of hydrogen-bond donors (Lipinski definition) is 1. The summed E-state index contributed by atoms with van der Waals surface area (Å²) in [7, 11) is 1.54. The number of carbonyl (C=O) groups excluding carboxylic acids is 2. The Kier molecular flexibility index (Phi) is 4.27. The second kappa shape index (κ2) is 5.94. The molecule has 5 heteroatoms. The van der Waals surface area contributed by atoms with Crippen molar-refractivity contribution >= 4 is 11.7 Å². The van der Waals surface area contributed by atoms with Crippen LogP contribution in [0.1, 0.15) is 37.0 Å². The van der Waals surface area contributed by atoms with Crippen molar-refractivity contribution < 1.29 is 19.1 Å². The molecule has 1 aromatic carbocycles. The number of nitrogens with one attached hydrogen (secondary N) is 1. The molecule has 1 aromatic rings. The Morgan fingerprint density at radius 1 is 1.35 bits per heavy atom. The predicted octanol–water partition coefficient (Wildman–Crippen LogP) is 1.94. The summed E-state index contributed by atoms with van der Waals surface area (Å²) in [5, 5.41) is 2.87. The SMILES string of the molecule is COc1ccc(C(C)=O)c(OC(C)C(=O)NC2CC2)c1. The van der Waals surface area contributed by atoms with Crippen LogP contribution < -0.4 is 14.8 Å². The highest BCUT2D eigenvalue weighted by Gasteiger charge is 2.27. The van der Waals surface area contributed by atoms with Crippen molar-refractivity contribution in [2.45, 2.75) is 38.8 Å². The van der Waals surface area contributed by atoms with Gasteiger partial charge in [0.15, 0.2) is 11.9 Å². The first-order chi connectivity index (χ1) is 9.51. The van der Waals surface area contributed by atoms with E-state index in [1.165, 1.54) is 14.0 Å². The van der Waals surface area contributed by atoms with Crippen LogP contribution in [0.4, 0.5) is 0 Å². The molecule has 1 aliphatic rings. The van der Waals surface area contributed by atoms with Crippen molar-refractivity contribution in [3.63, 3.8) is 0 Å². The first-order valence-electron chi connectivity index (χ1n) is 6.67. The monoisotopic (exact) mass is 277 g/mol. The van der Waals surface area contributed by atoms with Crippen LogP contribution in [0.15, 0.2) is 18.2 Å². The minimum absolute atomic E-state index is 0.113. The Morgan fingerprint density at radius 3 is 2.60 bits per heavy atom. The van der Waals surface area contributed by atoms with Gasteiger partial charge in [-0.1, -0.05) is 0 Å². The van der Waals surface area contributed by atoms with Gasteiger partial charge in [-0.15, -0.1) is 0 Å². The van der Waals surface area contributed by atoms with Crippen molar-refractivity contribution in [1.82, 2.24) is 5.32 Å². The summed E-state index contributed by atoms with van der Waals surface area (Å²) in [6.07, 6.45) is 1.40. The molecule has 0 saturated heterocycles. The summed E-state index contributed by atoms with van der Waals surface area (Å²) >= 11 is 0. The third kappa shape index (κ3) is 3.50. The van der Waals surface area contributed by atoms with Gasteiger partial charge < -0.3 is 14.8 Å². The number of methoxy groups -OCH3 is 1. The van der Waals surface area contributed by atoms with Crippen molar-refractivity contribution in [2.24, 2.45) is 0 Å². The Labute approximate surface area is 118 Å². The van der Waals surface area contributed by atoms with Crippen LogP contribution in [0.3, 0.4) is 0 Å². The van der Waals surface area contributed by atoms with Gasteiger partial charge in [0.2, 0.25) is 0 Å². The van der Waals surface area contributed by atoms with E-state index in [4.69, 9.17) is 9.47 Å². The van der Waals surface area contributed by atoms with Gasteiger partial charge >= 0.3 is 0 Å². The lowest BCUT2D eigenvalue weighted by atomic mass is 10.1. The van der Waals surface area contributed by atoms with Gasteiger partial charge in [0.05, 0.1) is 12.7 Å². The molecule has 0 radical (unpaired) electrons. The molecule has 1 unspecified atom stereocenters. The number of amides is 1. The fraction of sp³-hybridized carbons (Fsp3) is 0.467. The lowest BCUT2D eigenvalue weighted by Crippen LogP contribution is -2.37. The molecule has 1 N–H and O–H groups in total. The maximum absolute atomic E-state index is 11.9. The minimum atomic E-state index is -0.652. The van der Waals surface area contributed by atoms with E-state index in [1.54, 1.807) is 25.1 Å². The maximum atomic E-state index is 11.9. The highest BCUT2D eigenvalue weighted by Crippen LogP contribution is 2.26. The number of Topliss-reactive ketones (excluding diaryl/α,β-unsaturated/α-hetero) is 1. The molecule has 1 fully saturated rings. The van der Waals surface area contributed by atoms with E-state index in [0.717, 1.165) is 12.8 Å². The molecule has 5 nitrogen and oxygen atoms in total. The zero-order valence-electron chi connectivity index (χ0n) is 11.9. The second-order valence-electron chi connectivity index (χ2n) is 4.96. The average Bonchev–Trinajstić information content (AvgIpc) is 3.22. The number of ketones is 1. The van der Waals surface area contributed by atoms with Gasteiger partial charge in [0.1, 0.15) is 11.5 Å². The first kappa shape index (κ1) is 14.4. The molecule has 1 saturated carbocycles. The lowest BCUT2D eigenvalue weighted by Gasteiger charge is -2.17. The molecule has 108 valence electrons. The minimum Gasteiger partial charge on any atom is -0.497 e. The summed E-state index contributed by atoms with van der Waals surface area (Å²) in [4.78, 5) is 23.5. The Hall–Kier alpha value is -2.04. The number of rotatable bonds is 6.